The van der Waals surface area contributed by atoms with Crippen molar-refractivity contribution in [3.8, 4) is 0 Å². The molecular weight excluding hydrogens is 441 g/mol. The molecule has 0 aliphatic heterocycles. The second-order valence-corrected chi connectivity index (χ2v) is 10.1. The van der Waals surface area contributed by atoms with Crippen molar-refractivity contribution in [1.82, 2.24) is 15.4 Å². The van der Waals surface area contributed by atoms with Crippen molar-refractivity contribution in [3.05, 3.63) is 72.9 Å². The van der Waals surface area contributed by atoms with E-state index in [1.807, 2.05) is 18.2 Å². The Morgan fingerprint density at radius 3 is 2.00 bits per heavy atom. The quantitative estimate of drug-likeness (QED) is 0.224. The van der Waals surface area contributed by atoms with Gasteiger partial charge in [0.25, 0.3) is 0 Å². The summed E-state index contributed by atoms with van der Waals surface area (Å²) in [5.74, 6) is 0. The Morgan fingerprint density at radius 2 is 1.48 bits per heavy atom. The fourth-order valence-electron chi connectivity index (χ4n) is 2.95. The van der Waals surface area contributed by atoms with E-state index in [2.05, 4.69) is 86.5 Å². The van der Waals surface area contributed by atoms with Crippen molar-refractivity contribution in [3.63, 3.8) is 0 Å². The number of hydrogen-bond acceptors (Lipinski definition) is 4. The summed E-state index contributed by atoms with van der Waals surface area (Å²) in [5.41, 5.74) is 0.998. The third kappa shape index (κ3) is 4.22. The third-order valence-electron chi connectivity index (χ3n) is 4.07. The smallest absolute Gasteiger partial charge is 0.216 e. The number of alkyl halides is 1. The zero-order chi connectivity index (χ0) is 17.4. The summed E-state index contributed by atoms with van der Waals surface area (Å²) in [5, 5.41) is 14.8. The SMILES string of the molecule is [124I]CCOCC[P+](c1ccccc1)(c1ccccc1)c1ccnnn1. The summed E-state index contributed by atoms with van der Waals surface area (Å²) in [6.07, 6.45) is 2.63. The number of ether oxygens (including phenoxy) is 1. The van der Waals surface area contributed by atoms with E-state index in [4.69, 9.17) is 4.74 Å². The Labute approximate surface area is 162 Å². The van der Waals surface area contributed by atoms with Crippen LogP contribution in [0.2, 0.25) is 0 Å². The molecule has 2 aromatic carbocycles. The van der Waals surface area contributed by atoms with E-state index in [0.717, 1.165) is 22.6 Å². The molecule has 3 aromatic rings. The minimum Gasteiger partial charge on any atom is -0.377 e. The number of aromatic nitrogens is 3. The highest BCUT2D eigenvalue weighted by Gasteiger charge is 2.46. The van der Waals surface area contributed by atoms with Crippen LogP contribution in [0.25, 0.3) is 0 Å². The van der Waals surface area contributed by atoms with E-state index in [1.54, 1.807) is 6.20 Å². The molecule has 0 saturated heterocycles. The second-order valence-electron chi connectivity index (χ2n) is 5.48. The van der Waals surface area contributed by atoms with Crippen LogP contribution in [0.1, 0.15) is 0 Å². The molecule has 0 saturated carbocycles. The first kappa shape index (κ1) is 18.4. The highest BCUT2D eigenvalue weighted by molar-refractivity contribution is 14.1. The monoisotopic (exact) mass is 461 g/mol. The first-order chi connectivity index (χ1) is 12.4. The summed E-state index contributed by atoms with van der Waals surface area (Å²) in [6.45, 7) is 1.47. The Bertz CT molecular complexity index is 663. The molecule has 25 heavy (non-hydrogen) atoms. The van der Waals surface area contributed by atoms with Crippen molar-refractivity contribution in [2.45, 2.75) is 0 Å². The van der Waals surface area contributed by atoms with Crippen LogP contribution >= 0.6 is 29.9 Å². The van der Waals surface area contributed by atoms with E-state index < -0.39 is 7.26 Å². The zero-order valence-electron chi connectivity index (χ0n) is 13.8. The molecule has 0 bridgehead atoms. The number of hydrogen-bond donors (Lipinski definition) is 0. The molecule has 0 aliphatic rings. The lowest BCUT2D eigenvalue weighted by Gasteiger charge is -2.25. The first-order valence-electron chi connectivity index (χ1n) is 8.16. The molecule has 128 valence electrons. The topological polar surface area (TPSA) is 47.9 Å². The molecular formula is C19H20IN3OP+. The van der Waals surface area contributed by atoms with Crippen molar-refractivity contribution in [2.24, 2.45) is 0 Å². The van der Waals surface area contributed by atoms with Gasteiger partial charge in [0.1, 0.15) is 17.9 Å². The fraction of sp³-hybridized carbons (Fsp3) is 0.211. The van der Waals surface area contributed by atoms with Gasteiger partial charge in [0.15, 0.2) is 0 Å². The number of benzene rings is 2. The lowest BCUT2D eigenvalue weighted by molar-refractivity contribution is 0.168. The highest BCUT2D eigenvalue weighted by atomic mass is 124. The molecule has 0 spiro atoms. The van der Waals surface area contributed by atoms with Gasteiger partial charge < -0.3 is 4.74 Å². The highest BCUT2D eigenvalue weighted by Crippen LogP contribution is 2.54. The zero-order valence-corrected chi connectivity index (χ0v) is 16.9. The largest absolute Gasteiger partial charge is 0.377 e. The predicted molar refractivity (Wildman–Crippen MR) is 113 cm³/mol. The van der Waals surface area contributed by atoms with Crippen molar-refractivity contribution in [2.75, 3.05) is 23.8 Å². The molecule has 0 N–H and O–H groups in total. The molecule has 0 radical (unpaired) electrons. The molecule has 1 heterocycles. The van der Waals surface area contributed by atoms with Crippen LogP contribution in [-0.2, 0) is 4.74 Å². The van der Waals surface area contributed by atoms with E-state index >= 15 is 0 Å². The molecule has 0 aliphatic carbocycles. The van der Waals surface area contributed by atoms with Gasteiger partial charge >= 0.3 is 0 Å². The third-order valence-corrected chi connectivity index (χ3v) is 8.74. The fourth-order valence-corrected chi connectivity index (χ4v) is 7.11. The lowest BCUT2D eigenvalue weighted by Crippen LogP contribution is -2.36. The van der Waals surface area contributed by atoms with Gasteiger partial charge in [0.2, 0.25) is 5.44 Å². The van der Waals surface area contributed by atoms with Gasteiger partial charge in [-0.1, -0.05) is 64.1 Å². The van der Waals surface area contributed by atoms with Gasteiger partial charge in [0.05, 0.1) is 25.6 Å². The second kappa shape index (κ2) is 9.32. The summed E-state index contributed by atoms with van der Waals surface area (Å²) in [6, 6.07) is 23.2. The Balaban J connectivity index is 2.13. The molecule has 0 unspecified atom stereocenters. The van der Waals surface area contributed by atoms with Gasteiger partial charge in [-0.05, 0) is 29.5 Å². The summed E-state index contributed by atoms with van der Waals surface area (Å²) >= 11 is 2.34. The normalized spacial score (nSPS) is 11.4. The number of rotatable bonds is 8. The van der Waals surface area contributed by atoms with Crippen molar-refractivity contribution < 1.29 is 4.74 Å². The predicted octanol–water partition coefficient (Wildman–Crippen LogP) is 2.62. The summed E-state index contributed by atoms with van der Waals surface area (Å²) in [4.78, 5) is 0. The minimum atomic E-state index is -1.93. The van der Waals surface area contributed by atoms with Crippen LogP contribution in [-0.4, -0.2) is 39.2 Å². The number of halogens is 1. The maximum Gasteiger partial charge on any atom is 0.216 e. The molecule has 1 aromatic heterocycles. The molecule has 0 amide bonds. The molecule has 0 atom stereocenters. The van der Waals surface area contributed by atoms with Crippen molar-refractivity contribution >= 4 is 45.9 Å². The minimum absolute atomic E-state index is 0.699. The molecule has 4 nitrogen and oxygen atoms in total. The van der Waals surface area contributed by atoms with Gasteiger partial charge in [-0.2, -0.15) is 0 Å². The first-order valence-corrected chi connectivity index (χ1v) is 11.7. The molecule has 3 rings (SSSR count). The van der Waals surface area contributed by atoms with Crippen LogP contribution < -0.4 is 16.0 Å². The van der Waals surface area contributed by atoms with Crippen LogP contribution in [0, 0.1) is 0 Å². The van der Waals surface area contributed by atoms with E-state index in [0.29, 0.717) is 6.61 Å². The van der Waals surface area contributed by atoms with E-state index in [9.17, 15) is 0 Å². The molecule has 0 fully saturated rings. The maximum atomic E-state index is 5.86. The summed E-state index contributed by atoms with van der Waals surface area (Å²) < 4.78 is 6.85. The standard InChI is InChI=1S/C19H20IN3OP/c20-12-14-24-15-16-25(17-7-3-1-4-8-17,18-9-5-2-6-10-18)19-11-13-21-23-22-19/h1-11,13H,12,14-16H2/q+1/i20-3. The number of nitrogens with zero attached hydrogens (tertiary/aromatic N) is 3. The van der Waals surface area contributed by atoms with E-state index in [-0.39, 0.29) is 0 Å². The summed E-state index contributed by atoms with van der Waals surface area (Å²) in [7, 11) is -1.93. The molecule has 6 heteroatoms. The Morgan fingerprint density at radius 1 is 0.840 bits per heavy atom. The Hall–Kier alpha value is -1.43. The van der Waals surface area contributed by atoms with Crippen LogP contribution in [0.4, 0.5) is 0 Å². The van der Waals surface area contributed by atoms with Gasteiger partial charge in [-0.25, -0.2) is 0 Å². The maximum absolute atomic E-state index is 5.86. The van der Waals surface area contributed by atoms with E-state index in [1.165, 1.54) is 10.6 Å². The Kier molecular flexibility index (Phi) is 6.84. The lowest BCUT2D eigenvalue weighted by atomic mass is 10.4. The van der Waals surface area contributed by atoms with Gasteiger partial charge in [-0.3, -0.25) is 0 Å². The average molecular weight is 461 g/mol. The van der Waals surface area contributed by atoms with Crippen LogP contribution in [0.15, 0.2) is 72.9 Å². The van der Waals surface area contributed by atoms with Crippen LogP contribution in [0.3, 0.4) is 0 Å². The van der Waals surface area contributed by atoms with Gasteiger partial charge in [0, 0.05) is 10.5 Å². The average Bonchev–Trinajstić information content (AvgIpc) is 2.70. The van der Waals surface area contributed by atoms with Gasteiger partial charge in [-0.15, -0.1) is 5.10 Å². The van der Waals surface area contributed by atoms with Crippen LogP contribution in [0.5, 0.6) is 0 Å². The van der Waals surface area contributed by atoms with Crippen molar-refractivity contribution in [1.29, 1.82) is 0 Å².